The quantitative estimate of drug-likeness (QED) is 0.442. The topological polar surface area (TPSA) is 76.1 Å². The van der Waals surface area contributed by atoms with Crippen molar-refractivity contribution in [1.29, 1.82) is 0 Å². The van der Waals surface area contributed by atoms with Gasteiger partial charge in [0.2, 0.25) is 11.1 Å². The lowest BCUT2D eigenvalue weighted by atomic mass is 9.91. The van der Waals surface area contributed by atoms with Crippen molar-refractivity contribution in [3.8, 4) is 0 Å². The third-order valence-electron chi connectivity index (χ3n) is 5.87. The molecule has 4 rings (SSSR count). The predicted octanol–water partition coefficient (Wildman–Crippen LogP) is 4.70. The van der Waals surface area contributed by atoms with Gasteiger partial charge in [-0.3, -0.25) is 14.6 Å². The van der Waals surface area contributed by atoms with Gasteiger partial charge >= 0.3 is 6.18 Å². The maximum absolute atomic E-state index is 13.1. The molecule has 2 aromatic rings. The number of alkyl halides is 3. The molecular weight excluding hydrogens is 453 g/mol. The number of Topliss-reactive ketones (excluding diaryl/α,β-unsaturated/α-hetero) is 1. The number of allylic oxidation sites excluding steroid dienone is 1. The minimum absolute atomic E-state index is 0.0696. The third-order valence-corrected chi connectivity index (χ3v) is 6.80. The molecule has 0 spiro atoms. The highest BCUT2D eigenvalue weighted by Gasteiger charge is 2.33. The van der Waals surface area contributed by atoms with Crippen molar-refractivity contribution in [1.82, 2.24) is 15.0 Å². The fourth-order valence-corrected chi connectivity index (χ4v) is 4.96. The Bertz CT molecular complexity index is 1070. The van der Waals surface area contributed by atoms with Crippen molar-refractivity contribution >= 4 is 34.7 Å². The Hall–Kier alpha value is -2.75. The molecule has 0 aromatic carbocycles. The van der Waals surface area contributed by atoms with Crippen LogP contribution in [0.2, 0.25) is 0 Å². The summed E-state index contributed by atoms with van der Waals surface area (Å²) in [5.41, 5.74) is 0.0553. The summed E-state index contributed by atoms with van der Waals surface area (Å²) in [7, 11) is 0. The van der Waals surface area contributed by atoms with E-state index in [4.69, 9.17) is 0 Å². The van der Waals surface area contributed by atoms with E-state index in [1.165, 1.54) is 12.3 Å². The maximum atomic E-state index is 13.1. The van der Waals surface area contributed by atoms with Gasteiger partial charge in [0.25, 0.3) is 0 Å². The Balaban J connectivity index is 1.29. The molecule has 0 bridgehead atoms. The number of aromatic nitrogens is 3. The van der Waals surface area contributed by atoms with Crippen molar-refractivity contribution in [3.63, 3.8) is 0 Å². The number of halogens is 3. The summed E-state index contributed by atoms with van der Waals surface area (Å²) in [6.45, 7) is 1.52. The molecule has 33 heavy (non-hydrogen) atoms. The van der Waals surface area contributed by atoms with Crippen LogP contribution in [0.1, 0.15) is 49.1 Å². The smallest absolute Gasteiger partial charge is 0.341 e. The number of ketones is 1. The second-order valence-corrected chi connectivity index (χ2v) is 9.28. The Morgan fingerprint density at radius 1 is 1.12 bits per heavy atom. The van der Waals surface area contributed by atoms with Crippen LogP contribution >= 0.6 is 11.8 Å². The van der Waals surface area contributed by atoms with Crippen LogP contribution < -0.4 is 4.90 Å². The van der Waals surface area contributed by atoms with Gasteiger partial charge in [0.05, 0.1) is 28.3 Å². The second kappa shape index (κ2) is 10.0. The first-order valence-corrected chi connectivity index (χ1v) is 11.7. The summed E-state index contributed by atoms with van der Waals surface area (Å²) in [4.78, 5) is 38.6. The Labute approximate surface area is 193 Å². The van der Waals surface area contributed by atoms with E-state index in [1.54, 1.807) is 18.3 Å². The number of nitrogens with zero attached hydrogens (tertiary/aromatic N) is 4. The number of carbonyl (C=O) groups is 2. The zero-order chi connectivity index (χ0) is 23.4. The standard InChI is InChI=1S/C23H23F3N4O2S/c24-23(25,26)17-4-2-9-27-18(17)5-1-3-15-7-11-30(12-8-15)22-28-10-6-16(29-22)13-20-19(31)14-21(32)33-20/h2,4,6,9-10,13,15H,1,3,5,7-8,11-12,14H2/b20-13-. The number of aryl methyl sites for hydroxylation is 1. The van der Waals surface area contributed by atoms with Gasteiger partial charge < -0.3 is 4.90 Å². The lowest BCUT2D eigenvalue weighted by molar-refractivity contribution is -0.138. The van der Waals surface area contributed by atoms with Crippen LogP contribution in [0.5, 0.6) is 0 Å². The largest absolute Gasteiger partial charge is 0.418 e. The second-order valence-electron chi connectivity index (χ2n) is 8.18. The number of thioether (sulfide) groups is 1. The summed E-state index contributed by atoms with van der Waals surface area (Å²) in [6.07, 6.45) is 3.87. The first-order chi connectivity index (χ1) is 15.8. The molecule has 0 unspecified atom stereocenters. The van der Waals surface area contributed by atoms with Gasteiger partial charge in [0, 0.05) is 25.5 Å². The number of pyridine rings is 1. The first-order valence-electron chi connectivity index (χ1n) is 10.8. The SMILES string of the molecule is O=C1CC(=O)/C(=C/c2ccnc(N3CCC(CCCc4ncccc4C(F)(F)F)CC3)n2)S1. The average Bonchev–Trinajstić information content (AvgIpc) is 3.10. The number of hydrogen-bond donors (Lipinski definition) is 0. The highest BCUT2D eigenvalue weighted by molar-refractivity contribution is 8.18. The van der Waals surface area contributed by atoms with E-state index in [2.05, 4.69) is 19.9 Å². The van der Waals surface area contributed by atoms with Crippen LogP contribution in [0.4, 0.5) is 19.1 Å². The van der Waals surface area contributed by atoms with Gasteiger partial charge in [-0.25, -0.2) is 9.97 Å². The van der Waals surface area contributed by atoms with Crippen molar-refractivity contribution in [2.75, 3.05) is 18.0 Å². The molecule has 2 aromatic heterocycles. The van der Waals surface area contributed by atoms with E-state index in [0.717, 1.165) is 50.2 Å². The number of anilines is 1. The van der Waals surface area contributed by atoms with Crippen LogP contribution in [-0.2, 0) is 22.2 Å². The van der Waals surface area contributed by atoms with Gasteiger partial charge in [0.15, 0.2) is 5.78 Å². The minimum atomic E-state index is -4.38. The van der Waals surface area contributed by atoms with Crippen LogP contribution in [0.25, 0.3) is 6.08 Å². The van der Waals surface area contributed by atoms with Crippen LogP contribution in [0.15, 0.2) is 35.5 Å². The molecule has 0 amide bonds. The predicted molar refractivity (Wildman–Crippen MR) is 119 cm³/mol. The Morgan fingerprint density at radius 2 is 1.91 bits per heavy atom. The zero-order valence-corrected chi connectivity index (χ0v) is 18.7. The molecule has 0 atom stereocenters. The fourth-order valence-electron chi connectivity index (χ4n) is 4.15. The Kier molecular flexibility index (Phi) is 7.11. The molecule has 0 radical (unpaired) electrons. The van der Waals surface area contributed by atoms with Crippen LogP contribution in [0.3, 0.4) is 0 Å². The van der Waals surface area contributed by atoms with Crippen molar-refractivity contribution < 1.29 is 22.8 Å². The summed E-state index contributed by atoms with van der Waals surface area (Å²) >= 11 is 0.950. The Morgan fingerprint density at radius 3 is 2.61 bits per heavy atom. The van der Waals surface area contributed by atoms with E-state index >= 15 is 0 Å². The number of hydrogen-bond acceptors (Lipinski definition) is 7. The minimum Gasteiger partial charge on any atom is -0.341 e. The van der Waals surface area contributed by atoms with E-state index in [9.17, 15) is 22.8 Å². The number of rotatable bonds is 6. The molecule has 2 saturated heterocycles. The number of piperidine rings is 1. The van der Waals surface area contributed by atoms with Gasteiger partial charge in [-0.05, 0) is 74.1 Å². The average molecular weight is 477 g/mol. The van der Waals surface area contributed by atoms with Gasteiger partial charge in [0.1, 0.15) is 0 Å². The summed E-state index contributed by atoms with van der Waals surface area (Å²) in [6, 6.07) is 4.11. The van der Waals surface area contributed by atoms with E-state index in [0.29, 0.717) is 35.3 Å². The number of carbonyl (C=O) groups excluding carboxylic acids is 2. The highest BCUT2D eigenvalue weighted by Crippen LogP contribution is 2.33. The molecule has 0 N–H and O–H groups in total. The highest BCUT2D eigenvalue weighted by atomic mass is 32.2. The van der Waals surface area contributed by atoms with Gasteiger partial charge in [-0.15, -0.1) is 0 Å². The molecule has 6 nitrogen and oxygen atoms in total. The summed E-state index contributed by atoms with van der Waals surface area (Å²) in [5, 5.41) is -0.153. The van der Waals surface area contributed by atoms with E-state index in [1.807, 2.05) is 0 Å². The zero-order valence-electron chi connectivity index (χ0n) is 17.8. The van der Waals surface area contributed by atoms with E-state index < -0.39 is 11.7 Å². The molecule has 0 saturated carbocycles. The molecule has 2 aliphatic rings. The van der Waals surface area contributed by atoms with Gasteiger partial charge in [-0.2, -0.15) is 13.2 Å². The molecule has 2 aliphatic heterocycles. The maximum Gasteiger partial charge on any atom is 0.418 e. The third kappa shape index (κ3) is 5.98. The summed E-state index contributed by atoms with van der Waals surface area (Å²) < 4.78 is 39.4. The fraction of sp³-hybridized carbons (Fsp3) is 0.435. The van der Waals surface area contributed by atoms with Crippen LogP contribution in [0, 0.1) is 5.92 Å². The monoisotopic (exact) mass is 476 g/mol. The molecular formula is C23H23F3N4O2S. The van der Waals surface area contributed by atoms with E-state index in [-0.39, 0.29) is 23.0 Å². The molecule has 2 fully saturated rings. The molecule has 4 heterocycles. The molecule has 174 valence electrons. The van der Waals surface area contributed by atoms with Crippen molar-refractivity contribution in [2.45, 2.75) is 44.7 Å². The van der Waals surface area contributed by atoms with Crippen LogP contribution in [-0.4, -0.2) is 38.9 Å². The van der Waals surface area contributed by atoms with Crippen molar-refractivity contribution in [3.05, 3.63) is 52.4 Å². The lowest BCUT2D eigenvalue weighted by Crippen LogP contribution is -2.35. The lowest BCUT2D eigenvalue weighted by Gasteiger charge is -2.32. The molecule has 0 aliphatic carbocycles. The summed E-state index contributed by atoms with van der Waals surface area (Å²) in [5.74, 6) is 0.829. The first kappa shape index (κ1) is 23.4. The molecule has 10 heteroatoms. The van der Waals surface area contributed by atoms with Crippen molar-refractivity contribution in [2.24, 2.45) is 5.92 Å². The normalized spacial score (nSPS) is 19.0. The van der Waals surface area contributed by atoms with Gasteiger partial charge in [-0.1, -0.05) is 0 Å².